The molecule has 1 aliphatic rings. The Kier molecular flexibility index (Phi) is 4.18. The monoisotopic (exact) mass is 250 g/mol. The maximum absolute atomic E-state index is 12.7. The summed E-state index contributed by atoms with van der Waals surface area (Å²) in [6.45, 7) is 2.17. The van der Waals surface area contributed by atoms with Gasteiger partial charge in [-0.15, -0.1) is 0 Å². The Balaban J connectivity index is 1.86. The van der Waals surface area contributed by atoms with Crippen LogP contribution in [-0.4, -0.2) is 12.1 Å². The summed E-state index contributed by atoms with van der Waals surface area (Å²) >= 11 is 0. The second-order valence-corrected chi connectivity index (χ2v) is 4.97. The van der Waals surface area contributed by atoms with E-state index in [1.165, 1.54) is 31.4 Å². The zero-order valence-electron chi connectivity index (χ0n) is 10.6. The molecule has 4 heteroatoms. The molecule has 2 rings (SSSR count). The highest BCUT2D eigenvalue weighted by atomic mass is 19.1. The lowest BCUT2D eigenvalue weighted by molar-refractivity contribution is 0.232. The van der Waals surface area contributed by atoms with Gasteiger partial charge in [-0.3, -0.25) is 0 Å². The van der Waals surface area contributed by atoms with Gasteiger partial charge < -0.3 is 10.6 Å². The van der Waals surface area contributed by atoms with Gasteiger partial charge in [0.15, 0.2) is 0 Å². The molecule has 0 radical (unpaired) electrons. The third-order valence-corrected chi connectivity index (χ3v) is 3.53. The molecule has 0 unspecified atom stereocenters. The first-order chi connectivity index (χ1) is 8.65. The molecule has 18 heavy (non-hydrogen) atoms. The quantitative estimate of drug-likeness (QED) is 0.828. The molecule has 98 valence electrons. The Morgan fingerprint density at radius 3 is 2.56 bits per heavy atom. The SMILES string of the molecule is C[C@@H]1CCCC[C@@H]1NC(=O)Nc1ccc(F)cc1. The van der Waals surface area contributed by atoms with E-state index in [0.717, 1.165) is 6.42 Å². The van der Waals surface area contributed by atoms with Crippen LogP contribution in [0.4, 0.5) is 14.9 Å². The normalized spacial score (nSPS) is 23.4. The molecule has 2 atom stereocenters. The number of rotatable bonds is 2. The molecule has 1 aromatic carbocycles. The van der Waals surface area contributed by atoms with Gasteiger partial charge in [-0.1, -0.05) is 19.8 Å². The number of carbonyl (C=O) groups excluding carboxylic acids is 1. The van der Waals surface area contributed by atoms with Crippen LogP contribution < -0.4 is 10.6 Å². The molecule has 0 saturated heterocycles. The van der Waals surface area contributed by atoms with Gasteiger partial charge in [0.05, 0.1) is 0 Å². The highest BCUT2D eigenvalue weighted by Crippen LogP contribution is 2.23. The number of benzene rings is 1. The number of urea groups is 1. The molecule has 2 N–H and O–H groups in total. The molecule has 1 aliphatic carbocycles. The number of amides is 2. The van der Waals surface area contributed by atoms with Crippen LogP contribution in [0, 0.1) is 11.7 Å². The highest BCUT2D eigenvalue weighted by Gasteiger charge is 2.22. The number of hydrogen-bond donors (Lipinski definition) is 2. The predicted octanol–water partition coefficient (Wildman–Crippen LogP) is 3.53. The van der Waals surface area contributed by atoms with E-state index in [1.807, 2.05) is 0 Å². The van der Waals surface area contributed by atoms with Crippen LogP contribution in [0.15, 0.2) is 24.3 Å². The summed E-state index contributed by atoms with van der Waals surface area (Å²) in [5, 5.41) is 5.71. The lowest BCUT2D eigenvalue weighted by Gasteiger charge is -2.29. The van der Waals surface area contributed by atoms with Gasteiger partial charge in [-0.05, 0) is 43.0 Å². The van der Waals surface area contributed by atoms with Crippen molar-refractivity contribution in [2.75, 3.05) is 5.32 Å². The molecule has 1 fully saturated rings. The molecule has 0 spiro atoms. The van der Waals surface area contributed by atoms with E-state index < -0.39 is 0 Å². The van der Waals surface area contributed by atoms with Crippen molar-refractivity contribution in [3.8, 4) is 0 Å². The van der Waals surface area contributed by atoms with E-state index in [4.69, 9.17) is 0 Å². The van der Waals surface area contributed by atoms with Crippen LogP contribution in [-0.2, 0) is 0 Å². The first kappa shape index (κ1) is 12.9. The molecule has 2 amide bonds. The first-order valence-electron chi connectivity index (χ1n) is 6.48. The number of hydrogen-bond acceptors (Lipinski definition) is 1. The van der Waals surface area contributed by atoms with Gasteiger partial charge in [0.1, 0.15) is 5.82 Å². The van der Waals surface area contributed by atoms with Crippen molar-refractivity contribution in [1.82, 2.24) is 5.32 Å². The molecule has 0 bridgehead atoms. The van der Waals surface area contributed by atoms with Crippen LogP contribution in [0.5, 0.6) is 0 Å². The van der Waals surface area contributed by atoms with E-state index >= 15 is 0 Å². The summed E-state index contributed by atoms with van der Waals surface area (Å²) in [5.74, 6) is 0.222. The fraction of sp³-hybridized carbons (Fsp3) is 0.500. The molecule has 1 saturated carbocycles. The minimum absolute atomic E-state index is 0.208. The maximum Gasteiger partial charge on any atom is 0.319 e. The fourth-order valence-electron chi connectivity index (χ4n) is 2.40. The average Bonchev–Trinajstić information content (AvgIpc) is 2.35. The van der Waals surface area contributed by atoms with Crippen molar-refractivity contribution in [2.24, 2.45) is 5.92 Å². The van der Waals surface area contributed by atoms with Gasteiger partial charge in [-0.25, -0.2) is 9.18 Å². The molecule has 0 heterocycles. The maximum atomic E-state index is 12.7. The average molecular weight is 250 g/mol. The van der Waals surface area contributed by atoms with Crippen LogP contribution in [0.3, 0.4) is 0 Å². The smallest absolute Gasteiger partial charge is 0.319 e. The van der Waals surface area contributed by atoms with Crippen molar-refractivity contribution in [3.63, 3.8) is 0 Å². The summed E-state index contributed by atoms with van der Waals surface area (Å²) < 4.78 is 12.7. The molecular formula is C14H19FN2O. The third kappa shape index (κ3) is 3.45. The van der Waals surface area contributed by atoms with Gasteiger partial charge in [0, 0.05) is 11.7 Å². The molecular weight excluding hydrogens is 231 g/mol. The Hall–Kier alpha value is -1.58. The van der Waals surface area contributed by atoms with Crippen LogP contribution >= 0.6 is 0 Å². The Bertz CT molecular complexity index is 405. The zero-order chi connectivity index (χ0) is 13.0. The molecule has 0 aliphatic heterocycles. The number of nitrogens with one attached hydrogen (secondary N) is 2. The van der Waals surface area contributed by atoms with Gasteiger partial charge in [-0.2, -0.15) is 0 Å². The Morgan fingerprint density at radius 1 is 1.22 bits per heavy atom. The Labute approximate surface area is 107 Å². The van der Waals surface area contributed by atoms with E-state index in [-0.39, 0.29) is 17.9 Å². The van der Waals surface area contributed by atoms with Gasteiger partial charge in [0.2, 0.25) is 0 Å². The van der Waals surface area contributed by atoms with Crippen LogP contribution in [0.1, 0.15) is 32.6 Å². The molecule has 0 aromatic heterocycles. The number of anilines is 1. The first-order valence-corrected chi connectivity index (χ1v) is 6.48. The zero-order valence-corrected chi connectivity index (χ0v) is 10.6. The summed E-state index contributed by atoms with van der Waals surface area (Å²) in [5.41, 5.74) is 0.609. The lowest BCUT2D eigenvalue weighted by atomic mass is 9.86. The van der Waals surface area contributed by atoms with Crippen molar-refractivity contribution in [3.05, 3.63) is 30.1 Å². The lowest BCUT2D eigenvalue weighted by Crippen LogP contribution is -2.43. The number of halogens is 1. The Morgan fingerprint density at radius 2 is 1.89 bits per heavy atom. The van der Waals surface area contributed by atoms with Crippen LogP contribution in [0.2, 0.25) is 0 Å². The highest BCUT2D eigenvalue weighted by molar-refractivity contribution is 5.89. The second kappa shape index (κ2) is 5.85. The summed E-state index contributed by atoms with van der Waals surface area (Å²) in [4.78, 5) is 11.8. The van der Waals surface area contributed by atoms with Crippen LogP contribution in [0.25, 0.3) is 0 Å². The van der Waals surface area contributed by atoms with Gasteiger partial charge in [0.25, 0.3) is 0 Å². The van der Waals surface area contributed by atoms with E-state index in [1.54, 1.807) is 12.1 Å². The van der Waals surface area contributed by atoms with Crippen molar-refractivity contribution in [1.29, 1.82) is 0 Å². The van der Waals surface area contributed by atoms with Crippen molar-refractivity contribution < 1.29 is 9.18 Å². The largest absolute Gasteiger partial charge is 0.335 e. The van der Waals surface area contributed by atoms with E-state index in [2.05, 4.69) is 17.6 Å². The summed E-state index contributed by atoms with van der Waals surface area (Å²) in [7, 11) is 0. The molecule has 3 nitrogen and oxygen atoms in total. The minimum Gasteiger partial charge on any atom is -0.335 e. The predicted molar refractivity (Wildman–Crippen MR) is 70.0 cm³/mol. The second-order valence-electron chi connectivity index (χ2n) is 4.97. The van der Waals surface area contributed by atoms with Crippen molar-refractivity contribution in [2.45, 2.75) is 38.6 Å². The standard InChI is InChI=1S/C14H19FN2O/c1-10-4-2-3-5-13(10)17-14(18)16-12-8-6-11(15)7-9-12/h6-10,13H,2-5H2,1H3,(H2,16,17,18)/t10-,13+/m1/s1. The van der Waals surface area contributed by atoms with E-state index in [9.17, 15) is 9.18 Å². The topological polar surface area (TPSA) is 41.1 Å². The fourth-order valence-corrected chi connectivity index (χ4v) is 2.40. The summed E-state index contributed by atoms with van der Waals surface area (Å²) in [6.07, 6.45) is 4.63. The third-order valence-electron chi connectivity index (χ3n) is 3.53. The molecule has 1 aromatic rings. The minimum atomic E-state index is -0.304. The number of carbonyl (C=O) groups is 1. The van der Waals surface area contributed by atoms with Gasteiger partial charge >= 0.3 is 6.03 Å². The van der Waals surface area contributed by atoms with E-state index in [0.29, 0.717) is 11.6 Å². The summed E-state index contributed by atoms with van der Waals surface area (Å²) in [6, 6.07) is 5.82. The van der Waals surface area contributed by atoms with Crippen molar-refractivity contribution >= 4 is 11.7 Å².